The van der Waals surface area contributed by atoms with Crippen LogP contribution in [0, 0.1) is 17.0 Å². The number of nitro benzene ring substituents is 1. The van der Waals surface area contributed by atoms with Gasteiger partial charge in [0.2, 0.25) is 0 Å². The van der Waals surface area contributed by atoms with E-state index in [4.69, 9.17) is 9.72 Å². The Morgan fingerprint density at radius 2 is 1.72 bits per heavy atom. The lowest BCUT2D eigenvalue weighted by Gasteiger charge is -2.36. The minimum atomic E-state index is -0.402. The van der Waals surface area contributed by atoms with Gasteiger partial charge in [-0.25, -0.2) is 4.98 Å². The minimum absolute atomic E-state index is 0.0273. The Bertz CT molecular complexity index is 1440. The van der Waals surface area contributed by atoms with Crippen molar-refractivity contribution in [1.29, 1.82) is 0 Å². The second kappa shape index (κ2) is 9.65. The van der Waals surface area contributed by atoms with E-state index in [-0.39, 0.29) is 11.6 Å². The molecule has 0 spiro atoms. The summed E-state index contributed by atoms with van der Waals surface area (Å²) in [7, 11) is 1.63. The Labute approximate surface area is 208 Å². The highest BCUT2D eigenvalue weighted by Crippen LogP contribution is 2.29. The van der Waals surface area contributed by atoms with Crippen molar-refractivity contribution in [1.82, 2.24) is 9.88 Å². The third kappa shape index (κ3) is 4.57. The number of methoxy groups -OCH3 is 1. The summed E-state index contributed by atoms with van der Waals surface area (Å²) in [5.74, 6) is 0.703. The molecule has 0 unspecified atom stereocenters. The van der Waals surface area contributed by atoms with Crippen LogP contribution >= 0.6 is 0 Å². The van der Waals surface area contributed by atoms with Crippen LogP contribution in [0.3, 0.4) is 0 Å². The standard InChI is InChI=1S/C28H26N4O4/c1-19-6-11-26-24(16-19)25(18-27(29-26)20-4-3-5-23(17-20)36-2)28(33)31-14-12-30(13-15-31)21-7-9-22(10-8-21)32(34)35/h3-11,16-18H,12-15H2,1-2H3. The molecule has 0 atom stereocenters. The van der Waals surface area contributed by atoms with Crippen molar-refractivity contribution in [2.24, 2.45) is 0 Å². The second-order valence-corrected chi connectivity index (χ2v) is 8.86. The molecule has 3 aromatic carbocycles. The number of fused-ring (bicyclic) bond motifs is 1. The molecule has 1 aromatic heterocycles. The van der Waals surface area contributed by atoms with Crippen LogP contribution in [-0.4, -0.2) is 54.0 Å². The zero-order valence-electron chi connectivity index (χ0n) is 20.2. The lowest BCUT2D eigenvalue weighted by molar-refractivity contribution is -0.384. The number of aryl methyl sites for hydroxylation is 1. The topological polar surface area (TPSA) is 88.8 Å². The summed E-state index contributed by atoms with van der Waals surface area (Å²) < 4.78 is 5.38. The average Bonchev–Trinajstić information content (AvgIpc) is 2.92. The van der Waals surface area contributed by atoms with Gasteiger partial charge in [0.05, 0.1) is 28.8 Å². The first-order valence-corrected chi connectivity index (χ1v) is 11.8. The molecule has 8 nitrogen and oxygen atoms in total. The number of hydrogen-bond donors (Lipinski definition) is 0. The summed E-state index contributed by atoms with van der Waals surface area (Å²) >= 11 is 0. The number of hydrogen-bond acceptors (Lipinski definition) is 6. The number of non-ortho nitro benzene ring substituents is 1. The van der Waals surface area contributed by atoms with E-state index >= 15 is 0 Å². The third-order valence-corrected chi connectivity index (χ3v) is 6.55. The Morgan fingerprint density at radius 1 is 0.972 bits per heavy atom. The van der Waals surface area contributed by atoms with E-state index in [0.717, 1.165) is 39.2 Å². The first kappa shape index (κ1) is 23.3. The van der Waals surface area contributed by atoms with Crippen molar-refractivity contribution in [2.45, 2.75) is 6.92 Å². The third-order valence-electron chi connectivity index (χ3n) is 6.55. The molecular formula is C28H26N4O4. The molecule has 0 N–H and O–H groups in total. The van der Waals surface area contributed by atoms with Crippen molar-refractivity contribution < 1.29 is 14.5 Å². The SMILES string of the molecule is COc1cccc(-c2cc(C(=O)N3CCN(c4ccc([N+](=O)[O-])cc4)CC3)c3cc(C)ccc3n2)c1. The number of anilines is 1. The van der Waals surface area contributed by atoms with Gasteiger partial charge in [-0.3, -0.25) is 14.9 Å². The molecule has 1 aliphatic heterocycles. The molecule has 1 saturated heterocycles. The van der Waals surface area contributed by atoms with Gasteiger partial charge in [0.1, 0.15) is 5.75 Å². The van der Waals surface area contributed by atoms with E-state index in [2.05, 4.69) is 4.90 Å². The maximum Gasteiger partial charge on any atom is 0.269 e. The van der Waals surface area contributed by atoms with E-state index in [0.29, 0.717) is 31.7 Å². The average molecular weight is 483 g/mol. The number of benzene rings is 3. The Morgan fingerprint density at radius 3 is 2.42 bits per heavy atom. The molecule has 0 aliphatic carbocycles. The molecule has 8 heteroatoms. The first-order chi connectivity index (χ1) is 17.4. The van der Waals surface area contributed by atoms with Crippen LogP contribution in [0.1, 0.15) is 15.9 Å². The number of carbonyl (C=O) groups excluding carboxylic acids is 1. The van der Waals surface area contributed by atoms with E-state index in [9.17, 15) is 14.9 Å². The van der Waals surface area contributed by atoms with Crippen molar-refractivity contribution in [2.75, 3.05) is 38.2 Å². The predicted molar refractivity (Wildman–Crippen MR) is 140 cm³/mol. The fourth-order valence-electron chi connectivity index (χ4n) is 4.57. The molecule has 0 radical (unpaired) electrons. The highest BCUT2D eigenvalue weighted by Gasteiger charge is 2.25. The molecule has 0 bridgehead atoms. The quantitative estimate of drug-likeness (QED) is 0.291. The summed E-state index contributed by atoms with van der Waals surface area (Å²) in [4.78, 5) is 33.2. The zero-order chi connectivity index (χ0) is 25.2. The molecular weight excluding hydrogens is 456 g/mol. The first-order valence-electron chi connectivity index (χ1n) is 11.8. The Kier molecular flexibility index (Phi) is 6.25. The molecule has 1 aliphatic rings. The number of carbonyl (C=O) groups is 1. The van der Waals surface area contributed by atoms with Gasteiger partial charge in [-0.05, 0) is 49.4 Å². The molecule has 5 rings (SSSR count). The van der Waals surface area contributed by atoms with Crippen molar-refractivity contribution in [3.8, 4) is 17.0 Å². The molecule has 182 valence electrons. The monoisotopic (exact) mass is 482 g/mol. The molecule has 1 amide bonds. The van der Waals surface area contributed by atoms with Crippen molar-refractivity contribution in [3.05, 3.63) is 94.0 Å². The maximum absolute atomic E-state index is 13.8. The molecule has 2 heterocycles. The Balaban J connectivity index is 1.42. The lowest BCUT2D eigenvalue weighted by Crippen LogP contribution is -2.48. The summed E-state index contributed by atoms with van der Waals surface area (Å²) in [5.41, 5.74) is 5.05. The van der Waals surface area contributed by atoms with Gasteiger partial charge in [0, 0.05) is 54.9 Å². The van der Waals surface area contributed by atoms with Crippen LogP contribution in [0.4, 0.5) is 11.4 Å². The van der Waals surface area contributed by atoms with Crippen LogP contribution in [-0.2, 0) is 0 Å². The Hall–Kier alpha value is -4.46. The molecule has 4 aromatic rings. The number of aromatic nitrogens is 1. The number of rotatable bonds is 5. The fraction of sp³-hybridized carbons (Fsp3) is 0.214. The summed E-state index contributed by atoms with van der Waals surface area (Å²) in [6.45, 7) is 4.41. The van der Waals surface area contributed by atoms with Crippen molar-refractivity contribution >= 4 is 28.2 Å². The van der Waals surface area contributed by atoms with Gasteiger partial charge in [0.15, 0.2) is 0 Å². The van der Waals surface area contributed by atoms with Gasteiger partial charge >= 0.3 is 0 Å². The normalized spacial score (nSPS) is 13.6. The summed E-state index contributed by atoms with van der Waals surface area (Å²) in [5, 5.41) is 11.8. The van der Waals surface area contributed by atoms with Gasteiger partial charge in [-0.15, -0.1) is 0 Å². The second-order valence-electron chi connectivity index (χ2n) is 8.86. The van der Waals surface area contributed by atoms with Crippen LogP contribution in [0.15, 0.2) is 72.8 Å². The highest BCUT2D eigenvalue weighted by atomic mass is 16.6. The number of pyridine rings is 1. The number of nitro groups is 1. The fourth-order valence-corrected chi connectivity index (χ4v) is 4.57. The predicted octanol–water partition coefficient (Wildman–Crippen LogP) is 5.09. The van der Waals surface area contributed by atoms with Crippen molar-refractivity contribution in [3.63, 3.8) is 0 Å². The summed E-state index contributed by atoms with van der Waals surface area (Å²) in [6, 6.07) is 22.1. The number of nitrogens with zero attached hydrogens (tertiary/aromatic N) is 4. The molecule has 36 heavy (non-hydrogen) atoms. The largest absolute Gasteiger partial charge is 0.497 e. The van der Waals surface area contributed by atoms with E-state index in [1.807, 2.05) is 60.4 Å². The smallest absolute Gasteiger partial charge is 0.269 e. The van der Waals surface area contributed by atoms with E-state index in [1.165, 1.54) is 12.1 Å². The minimum Gasteiger partial charge on any atom is -0.497 e. The van der Waals surface area contributed by atoms with Crippen LogP contribution in [0.5, 0.6) is 5.75 Å². The summed E-state index contributed by atoms with van der Waals surface area (Å²) in [6.07, 6.45) is 0. The number of ether oxygens (including phenoxy) is 1. The van der Waals surface area contributed by atoms with Gasteiger partial charge < -0.3 is 14.5 Å². The number of piperazine rings is 1. The van der Waals surface area contributed by atoms with Crippen LogP contribution < -0.4 is 9.64 Å². The van der Waals surface area contributed by atoms with E-state index in [1.54, 1.807) is 19.2 Å². The van der Waals surface area contributed by atoms with Crippen LogP contribution in [0.2, 0.25) is 0 Å². The van der Waals surface area contributed by atoms with Gasteiger partial charge in [-0.2, -0.15) is 0 Å². The van der Waals surface area contributed by atoms with Crippen LogP contribution in [0.25, 0.3) is 22.2 Å². The zero-order valence-corrected chi connectivity index (χ0v) is 20.2. The highest BCUT2D eigenvalue weighted by molar-refractivity contribution is 6.07. The van der Waals surface area contributed by atoms with Gasteiger partial charge in [-0.1, -0.05) is 23.8 Å². The molecule has 1 fully saturated rings. The number of amides is 1. The molecule has 0 saturated carbocycles. The lowest BCUT2D eigenvalue weighted by atomic mass is 10.0. The maximum atomic E-state index is 13.8. The van der Waals surface area contributed by atoms with Gasteiger partial charge in [0.25, 0.3) is 11.6 Å². The van der Waals surface area contributed by atoms with E-state index < -0.39 is 4.92 Å².